The third-order valence-corrected chi connectivity index (χ3v) is 11.2. The van der Waals surface area contributed by atoms with E-state index in [1.165, 1.54) is 32.1 Å². The molecule has 5 aliphatic rings. The molecular formula is C32H43NO4. The van der Waals surface area contributed by atoms with Gasteiger partial charge in [-0.15, -0.1) is 0 Å². The van der Waals surface area contributed by atoms with E-state index in [0.29, 0.717) is 11.3 Å². The second kappa shape index (κ2) is 9.47. The van der Waals surface area contributed by atoms with Crippen LogP contribution < -0.4 is 4.74 Å². The predicted octanol–water partition coefficient (Wildman–Crippen LogP) is 6.74. The van der Waals surface area contributed by atoms with Crippen LogP contribution in [0.2, 0.25) is 0 Å². The van der Waals surface area contributed by atoms with Gasteiger partial charge in [-0.2, -0.15) is 0 Å². The molecule has 5 nitrogen and oxygen atoms in total. The third-order valence-electron chi connectivity index (χ3n) is 11.2. The summed E-state index contributed by atoms with van der Waals surface area (Å²) in [7, 11) is 1.70. The van der Waals surface area contributed by atoms with Gasteiger partial charge in [0.05, 0.1) is 7.11 Å². The molecule has 1 heterocycles. The Kier molecular flexibility index (Phi) is 6.40. The molecule has 0 N–H and O–H groups in total. The SMILES string of the molecule is COc1ccc(C2=NCC[C@H]([C@H]3CC[C@H]4[C@@H]5CC=C6C[C@@H](OC(C)=O)CC[C@]6(C)[C@H]5CC[C@]34C)O2)cc1. The summed E-state index contributed by atoms with van der Waals surface area (Å²) in [6.07, 6.45) is 13.4. The van der Waals surface area contributed by atoms with Crippen LogP contribution in [0.3, 0.4) is 0 Å². The molecule has 4 aliphatic carbocycles. The van der Waals surface area contributed by atoms with Crippen LogP contribution in [0.25, 0.3) is 0 Å². The number of methoxy groups -OCH3 is 1. The van der Waals surface area contributed by atoms with Gasteiger partial charge >= 0.3 is 5.97 Å². The zero-order chi connectivity index (χ0) is 25.8. The van der Waals surface area contributed by atoms with Crippen LogP contribution >= 0.6 is 0 Å². The van der Waals surface area contributed by atoms with Crippen LogP contribution in [0.4, 0.5) is 0 Å². The molecule has 6 rings (SSSR count). The lowest BCUT2D eigenvalue weighted by atomic mass is 9.47. The van der Waals surface area contributed by atoms with Gasteiger partial charge in [0.15, 0.2) is 0 Å². The number of fused-ring (bicyclic) bond motifs is 5. The largest absolute Gasteiger partial charge is 0.497 e. The topological polar surface area (TPSA) is 57.1 Å². The Bertz CT molecular complexity index is 1090. The summed E-state index contributed by atoms with van der Waals surface area (Å²) in [6, 6.07) is 8.11. The van der Waals surface area contributed by atoms with Crippen molar-refractivity contribution in [2.75, 3.05) is 13.7 Å². The quantitative estimate of drug-likeness (QED) is 0.336. The first-order valence-corrected chi connectivity index (χ1v) is 14.5. The Morgan fingerprint density at radius 2 is 1.78 bits per heavy atom. The van der Waals surface area contributed by atoms with Crippen molar-refractivity contribution >= 4 is 11.9 Å². The summed E-state index contributed by atoms with van der Waals surface area (Å²) in [6.45, 7) is 7.51. The van der Waals surface area contributed by atoms with E-state index in [2.05, 4.69) is 32.1 Å². The summed E-state index contributed by atoms with van der Waals surface area (Å²) in [4.78, 5) is 16.3. The number of benzene rings is 1. The summed E-state index contributed by atoms with van der Waals surface area (Å²) in [5.41, 5.74) is 3.23. The molecule has 1 aromatic carbocycles. The molecule has 0 bridgehead atoms. The van der Waals surface area contributed by atoms with Gasteiger partial charge in [-0.3, -0.25) is 9.79 Å². The van der Waals surface area contributed by atoms with Gasteiger partial charge in [-0.25, -0.2) is 0 Å². The Hall–Kier alpha value is -2.30. The number of allylic oxidation sites excluding steroid dienone is 1. The molecule has 3 saturated carbocycles. The molecule has 5 heteroatoms. The maximum atomic E-state index is 11.6. The molecule has 0 unspecified atom stereocenters. The van der Waals surface area contributed by atoms with Crippen molar-refractivity contribution in [1.29, 1.82) is 0 Å². The van der Waals surface area contributed by atoms with Crippen molar-refractivity contribution in [3.8, 4) is 5.75 Å². The lowest BCUT2D eigenvalue weighted by Crippen LogP contribution is -2.52. The second-order valence-corrected chi connectivity index (χ2v) is 12.8. The van der Waals surface area contributed by atoms with Gasteiger partial charge in [-0.1, -0.05) is 25.5 Å². The minimum atomic E-state index is -0.140. The number of rotatable bonds is 4. The molecule has 0 spiro atoms. The van der Waals surface area contributed by atoms with E-state index < -0.39 is 0 Å². The predicted molar refractivity (Wildman–Crippen MR) is 145 cm³/mol. The van der Waals surface area contributed by atoms with Gasteiger partial charge < -0.3 is 14.2 Å². The van der Waals surface area contributed by atoms with Gasteiger partial charge in [0.25, 0.3) is 0 Å². The van der Waals surface area contributed by atoms with Crippen LogP contribution in [-0.2, 0) is 14.3 Å². The highest BCUT2D eigenvalue weighted by molar-refractivity contribution is 5.94. The van der Waals surface area contributed by atoms with Crippen molar-refractivity contribution in [2.24, 2.45) is 39.5 Å². The molecule has 0 amide bonds. The van der Waals surface area contributed by atoms with E-state index >= 15 is 0 Å². The first-order valence-electron chi connectivity index (χ1n) is 14.5. The summed E-state index contributed by atoms with van der Waals surface area (Å²) < 4.78 is 17.6. The Morgan fingerprint density at radius 3 is 2.54 bits per heavy atom. The number of nitrogens with zero attached hydrogens (tertiary/aromatic N) is 1. The number of carbonyl (C=O) groups excluding carboxylic acids is 1. The average molecular weight is 506 g/mol. The number of hydrogen-bond donors (Lipinski definition) is 0. The smallest absolute Gasteiger partial charge is 0.302 e. The molecule has 8 atom stereocenters. The molecular weight excluding hydrogens is 462 g/mol. The monoisotopic (exact) mass is 505 g/mol. The molecule has 3 fully saturated rings. The molecule has 200 valence electrons. The van der Waals surface area contributed by atoms with Gasteiger partial charge in [0.1, 0.15) is 18.0 Å². The Morgan fingerprint density at radius 1 is 1.00 bits per heavy atom. The highest BCUT2D eigenvalue weighted by Gasteiger charge is 2.60. The minimum Gasteiger partial charge on any atom is -0.497 e. The van der Waals surface area contributed by atoms with Crippen molar-refractivity contribution in [1.82, 2.24) is 0 Å². The fourth-order valence-corrected chi connectivity index (χ4v) is 9.32. The average Bonchev–Trinajstić information content (AvgIpc) is 3.26. The Labute approximate surface area is 222 Å². The number of hydrogen-bond acceptors (Lipinski definition) is 5. The number of esters is 1. The van der Waals surface area contributed by atoms with E-state index in [9.17, 15) is 4.79 Å². The summed E-state index contributed by atoms with van der Waals surface area (Å²) in [5.74, 6) is 4.41. The van der Waals surface area contributed by atoms with E-state index in [1.54, 1.807) is 19.6 Å². The van der Waals surface area contributed by atoms with Crippen molar-refractivity contribution in [2.45, 2.75) is 90.8 Å². The van der Waals surface area contributed by atoms with Crippen LogP contribution in [0.5, 0.6) is 5.75 Å². The van der Waals surface area contributed by atoms with Crippen LogP contribution in [-0.4, -0.2) is 37.7 Å². The lowest BCUT2D eigenvalue weighted by molar-refractivity contribution is -0.148. The first kappa shape index (κ1) is 25.0. The fraction of sp³-hybridized carbons (Fsp3) is 0.688. The van der Waals surface area contributed by atoms with Gasteiger partial charge in [-0.05, 0) is 97.8 Å². The summed E-state index contributed by atoms with van der Waals surface area (Å²) in [5, 5.41) is 0. The molecule has 0 radical (unpaired) electrons. The third kappa shape index (κ3) is 4.21. The maximum absolute atomic E-state index is 11.6. The molecule has 0 aromatic heterocycles. The standard InChI is InChI=1S/C32H43NO4/c1-20(34)36-24-13-16-31(2)22(19-24)7-10-25-26-11-12-28(32(26,3)17-14-27(25)31)29-15-18-33-30(37-29)21-5-8-23(35-4)9-6-21/h5-9,24-29H,10-19H2,1-4H3/t24-,25-,26-,27-,28+,29+,31-,32-/m0/s1. The normalized spacial score (nSPS) is 40.8. The fourth-order valence-electron chi connectivity index (χ4n) is 9.32. The van der Waals surface area contributed by atoms with Gasteiger partial charge in [0, 0.05) is 37.8 Å². The number of aliphatic imine (C=N–C) groups is 1. The van der Waals surface area contributed by atoms with E-state index in [0.717, 1.165) is 67.2 Å². The highest BCUT2D eigenvalue weighted by Crippen LogP contribution is 2.67. The van der Waals surface area contributed by atoms with Crippen molar-refractivity contribution in [3.05, 3.63) is 41.5 Å². The highest BCUT2D eigenvalue weighted by atomic mass is 16.5. The summed E-state index contributed by atoms with van der Waals surface area (Å²) >= 11 is 0. The maximum Gasteiger partial charge on any atom is 0.302 e. The van der Waals surface area contributed by atoms with Gasteiger partial charge in [0.2, 0.25) is 5.90 Å². The van der Waals surface area contributed by atoms with Crippen LogP contribution in [0.1, 0.15) is 84.1 Å². The number of ether oxygens (including phenoxy) is 3. The van der Waals surface area contributed by atoms with Crippen LogP contribution in [0.15, 0.2) is 40.9 Å². The Balaban J connectivity index is 1.18. The molecule has 1 aliphatic heterocycles. The molecule has 0 saturated heterocycles. The van der Waals surface area contributed by atoms with Crippen LogP contribution in [0, 0.1) is 34.5 Å². The zero-order valence-electron chi connectivity index (χ0n) is 23.0. The van der Waals surface area contributed by atoms with E-state index in [-0.39, 0.29) is 23.6 Å². The molecule has 1 aromatic rings. The zero-order valence-corrected chi connectivity index (χ0v) is 23.0. The first-order chi connectivity index (χ1) is 17.8. The lowest BCUT2D eigenvalue weighted by Gasteiger charge is -2.58. The van der Waals surface area contributed by atoms with E-state index in [4.69, 9.17) is 19.2 Å². The second-order valence-electron chi connectivity index (χ2n) is 12.8. The van der Waals surface area contributed by atoms with Crippen molar-refractivity contribution < 1.29 is 19.0 Å². The minimum absolute atomic E-state index is 0.0723. The number of carbonyl (C=O) groups is 1. The van der Waals surface area contributed by atoms with Crippen molar-refractivity contribution in [3.63, 3.8) is 0 Å². The van der Waals surface area contributed by atoms with E-state index in [1.807, 2.05) is 12.1 Å². The molecule has 37 heavy (non-hydrogen) atoms.